The maximum absolute atomic E-state index is 12.3. The molecule has 0 unspecified atom stereocenters. The molecule has 3 rings (SSSR count). The Hall–Kier alpha value is -1.64. The zero-order valence-electron chi connectivity index (χ0n) is 11.5. The number of ether oxygens (including phenoxy) is 1. The van der Waals surface area contributed by atoms with E-state index in [-0.39, 0.29) is 17.4 Å². The van der Waals surface area contributed by atoms with Crippen LogP contribution in [-0.2, 0) is 14.8 Å². The molecular formula is C13H18N4O3S. The summed E-state index contributed by atoms with van der Waals surface area (Å²) in [5.74, 6) is 0.656. The van der Waals surface area contributed by atoms with Crippen LogP contribution >= 0.6 is 0 Å². The van der Waals surface area contributed by atoms with Gasteiger partial charge in [-0.3, -0.25) is 4.40 Å². The minimum absolute atomic E-state index is 0.00685. The first-order valence-electron chi connectivity index (χ1n) is 6.88. The summed E-state index contributed by atoms with van der Waals surface area (Å²) >= 11 is 0. The van der Waals surface area contributed by atoms with Crippen LogP contribution in [0.3, 0.4) is 0 Å². The Morgan fingerprint density at radius 2 is 2.24 bits per heavy atom. The van der Waals surface area contributed by atoms with Crippen LogP contribution in [0.4, 0.5) is 5.82 Å². The number of aromatic nitrogens is 2. The lowest BCUT2D eigenvalue weighted by atomic mass is 10.5. The van der Waals surface area contributed by atoms with Crippen molar-refractivity contribution in [2.24, 2.45) is 5.92 Å². The number of nitrogens with one attached hydrogen (secondary N) is 1. The highest BCUT2D eigenvalue weighted by molar-refractivity contribution is 7.89. The van der Waals surface area contributed by atoms with Crippen LogP contribution in [0.1, 0.15) is 12.8 Å². The second-order valence-corrected chi connectivity index (χ2v) is 6.83. The summed E-state index contributed by atoms with van der Waals surface area (Å²) in [6.45, 7) is 1.28. The Kier molecular flexibility index (Phi) is 3.83. The lowest BCUT2D eigenvalue weighted by Gasteiger charge is -2.07. The van der Waals surface area contributed by atoms with E-state index in [0.717, 1.165) is 0 Å². The Labute approximate surface area is 123 Å². The number of hydrogen-bond donors (Lipinski definition) is 2. The number of pyridine rings is 1. The summed E-state index contributed by atoms with van der Waals surface area (Å²) < 4.78 is 34.0. The van der Waals surface area contributed by atoms with E-state index in [4.69, 9.17) is 10.5 Å². The van der Waals surface area contributed by atoms with Crippen LogP contribution in [0.25, 0.3) is 5.65 Å². The van der Waals surface area contributed by atoms with Gasteiger partial charge in [-0.15, -0.1) is 0 Å². The summed E-state index contributed by atoms with van der Waals surface area (Å²) in [5.41, 5.74) is 6.24. The topological polar surface area (TPSA) is 98.7 Å². The molecule has 2 aromatic heterocycles. The van der Waals surface area contributed by atoms with E-state index in [1.807, 2.05) is 0 Å². The summed E-state index contributed by atoms with van der Waals surface area (Å²) in [6, 6.07) is 5.21. The van der Waals surface area contributed by atoms with Crippen molar-refractivity contribution in [3.05, 3.63) is 24.4 Å². The molecule has 3 N–H and O–H groups in total. The predicted molar refractivity (Wildman–Crippen MR) is 78.3 cm³/mol. The van der Waals surface area contributed by atoms with E-state index >= 15 is 0 Å². The molecule has 0 radical (unpaired) electrons. The minimum atomic E-state index is -3.71. The van der Waals surface area contributed by atoms with Crippen LogP contribution in [0.2, 0.25) is 0 Å². The third-order valence-electron chi connectivity index (χ3n) is 3.35. The average molecular weight is 310 g/mol. The molecule has 0 atom stereocenters. The van der Waals surface area contributed by atoms with Crippen LogP contribution < -0.4 is 10.5 Å². The Balaban J connectivity index is 1.68. The van der Waals surface area contributed by atoms with Crippen LogP contribution in [0.15, 0.2) is 29.4 Å². The largest absolute Gasteiger partial charge is 0.381 e. The molecule has 2 aromatic rings. The highest BCUT2D eigenvalue weighted by atomic mass is 32.2. The van der Waals surface area contributed by atoms with Gasteiger partial charge in [0.1, 0.15) is 5.65 Å². The number of sulfonamides is 1. The second kappa shape index (κ2) is 5.63. The van der Waals surface area contributed by atoms with Gasteiger partial charge in [-0.25, -0.2) is 18.1 Å². The normalized spacial score (nSPS) is 15.6. The fourth-order valence-corrected chi connectivity index (χ4v) is 3.33. The van der Waals surface area contributed by atoms with Gasteiger partial charge >= 0.3 is 0 Å². The van der Waals surface area contributed by atoms with Gasteiger partial charge in [-0.2, -0.15) is 0 Å². The quantitative estimate of drug-likeness (QED) is 0.731. The van der Waals surface area contributed by atoms with Crippen molar-refractivity contribution in [3.8, 4) is 0 Å². The highest BCUT2D eigenvalue weighted by Gasteiger charge is 2.24. The molecule has 0 aliphatic heterocycles. The molecule has 0 aromatic carbocycles. The summed E-state index contributed by atoms with van der Waals surface area (Å²) in [5, 5.41) is -0.0275. The molecule has 1 aliphatic rings. The van der Waals surface area contributed by atoms with Crippen molar-refractivity contribution in [1.29, 1.82) is 0 Å². The first kappa shape index (κ1) is 14.3. The van der Waals surface area contributed by atoms with E-state index < -0.39 is 10.0 Å². The number of nitrogen functional groups attached to an aromatic ring is 1. The van der Waals surface area contributed by atoms with Crippen molar-refractivity contribution < 1.29 is 13.2 Å². The monoisotopic (exact) mass is 310 g/mol. The summed E-state index contributed by atoms with van der Waals surface area (Å²) in [4.78, 5) is 4.05. The standard InChI is InChI=1S/C13H18N4O3S/c14-12-13(17-7-2-1-3-11(17)16-12)21(18,19)15-6-8-20-9-10-4-5-10/h1-3,7,10,15H,4-6,8-9,14H2. The Morgan fingerprint density at radius 1 is 1.43 bits per heavy atom. The predicted octanol–water partition coefficient (Wildman–Crippen LogP) is 0.621. The van der Waals surface area contributed by atoms with Crippen molar-refractivity contribution in [3.63, 3.8) is 0 Å². The molecule has 0 saturated heterocycles. The maximum Gasteiger partial charge on any atom is 0.260 e. The Bertz CT molecular complexity index is 737. The van der Waals surface area contributed by atoms with Crippen LogP contribution in [0.5, 0.6) is 0 Å². The molecule has 1 saturated carbocycles. The van der Waals surface area contributed by atoms with Crippen LogP contribution in [-0.4, -0.2) is 37.6 Å². The number of hydrogen-bond acceptors (Lipinski definition) is 5. The van der Waals surface area contributed by atoms with Gasteiger partial charge in [0.2, 0.25) is 0 Å². The van der Waals surface area contributed by atoms with Gasteiger partial charge in [0.25, 0.3) is 10.0 Å². The van der Waals surface area contributed by atoms with Crippen LogP contribution in [0, 0.1) is 5.92 Å². The SMILES string of the molecule is Nc1nc2ccccn2c1S(=O)(=O)NCCOCC1CC1. The third-order valence-corrected chi connectivity index (χ3v) is 4.85. The molecule has 114 valence electrons. The minimum Gasteiger partial charge on any atom is -0.381 e. The third kappa shape index (κ3) is 3.17. The molecule has 1 aliphatic carbocycles. The molecule has 0 bridgehead atoms. The van der Waals surface area contributed by atoms with Gasteiger partial charge in [0, 0.05) is 19.3 Å². The molecule has 1 fully saturated rings. The molecular weight excluding hydrogens is 292 g/mol. The fraction of sp³-hybridized carbons (Fsp3) is 0.462. The molecule has 7 nitrogen and oxygen atoms in total. The smallest absolute Gasteiger partial charge is 0.260 e. The van der Waals surface area contributed by atoms with Crippen molar-refractivity contribution in [2.75, 3.05) is 25.5 Å². The number of nitrogens with zero attached hydrogens (tertiary/aromatic N) is 2. The number of anilines is 1. The number of nitrogens with two attached hydrogens (primary N) is 1. The van der Waals surface area contributed by atoms with Crippen molar-refractivity contribution >= 4 is 21.5 Å². The van der Waals surface area contributed by atoms with E-state index in [1.165, 1.54) is 17.2 Å². The second-order valence-electron chi connectivity index (χ2n) is 5.15. The van der Waals surface area contributed by atoms with E-state index in [2.05, 4.69) is 9.71 Å². The average Bonchev–Trinajstić information content (AvgIpc) is 3.18. The van der Waals surface area contributed by atoms with Gasteiger partial charge in [0.05, 0.1) is 6.61 Å². The fourth-order valence-electron chi connectivity index (χ4n) is 2.11. The molecule has 8 heteroatoms. The van der Waals surface area contributed by atoms with Crippen molar-refractivity contribution in [2.45, 2.75) is 17.9 Å². The number of imidazole rings is 1. The van der Waals surface area contributed by atoms with Gasteiger partial charge < -0.3 is 10.5 Å². The van der Waals surface area contributed by atoms with Gasteiger partial charge in [0.15, 0.2) is 10.8 Å². The van der Waals surface area contributed by atoms with Gasteiger partial charge in [-0.05, 0) is 30.9 Å². The molecule has 2 heterocycles. The molecule has 21 heavy (non-hydrogen) atoms. The lowest BCUT2D eigenvalue weighted by molar-refractivity contribution is 0.129. The van der Waals surface area contributed by atoms with Gasteiger partial charge in [-0.1, -0.05) is 6.07 Å². The zero-order chi connectivity index (χ0) is 14.9. The number of fused-ring (bicyclic) bond motifs is 1. The first-order valence-corrected chi connectivity index (χ1v) is 8.36. The molecule has 0 amide bonds. The molecule has 0 spiro atoms. The van der Waals surface area contributed by atoms with Crippen molar-refractivity contribution in [1.82, 2.24) is 14.1 Å². The summed E-state index contributed by atoms with van der Waals surface area (Å²) in [6.07, 6.45) is 4.05. The number of rotatable bonds is 7. The Morgan fingerprint density at radius 3 is 3.00 bits per heavy atom. The summed E-state index contributed by atoms with van der Waals surface area (Å²) in [7, 11) is -3.71. The first-order chi connectivity index (χ1) is 10.1. The zero-order valence-corrected chi connectivity index (χ0v) is 12.3. The van der Waals surface area contributed by atoms with E-state index in [0.29, 0.717) is 24.8 Å². The maximum atomic E-state index is 12.3. The lowest BCUT2D eigenvalue weighted by Crippen LogP contribution is -2.29. The van der Waals surface area contributed by atoms with E-state index in [9.17, 15) is 8.42 Å². The van der Waals surface area contributed by atoms with E-state index in [1.54, 1.807) is 24.4 Å². The highest BCUT2D eigenvalue weighted by Crippen LogP contribution is 2.28.